The molecule has 1 saturated heterocycles. The van der Waals surface area contributed by atoms with Crippen LogP contribution in [0.5, 0.6) is 11.5 Å². The Hall–Kier alpha value is -4.39. The predicted octanol–water partition coefficient (Wildman–Crippen LogP) is 6.54. The second kappa shape index (κ2) is 11.7. The van der Waals surface area contributed by atoms with Gasteiger partial charge >= 0.3 is 6.18 Å². The SMILES string of the molecule is COc1ccc(CNc2cnnc3cc(-c4cc(Cl)ccc4-c4cc(C(F)(F)F)n(C5NCCO5)n4)ccc23)c(OC)c1. The summed E-state index contributed by atoms with van der Waals surface area (Å²) >= 11 is 6.36. The maximum atomic E-state index is 14.0. The number of rotatable bonds is 8. The van der Waals surface area contributed by atoms with Gasteiger partial charge in [-0.05, 0) is 53.6 Å². The van der Waals surface area contributed by atoms with Crippen LogP contribution in [-0.4, -0.2) is 47.3 Å². The van der Waals surface area contributed by atoms with E-state index >= 15 is 0 Å². The number of benzene rings is 3. The topological polar surface area (TPSA) is 95.4 Å². The lowest BCUT2D eigenvalue weighted by molar-refractivity contribution is -0.149. The fraction of sp³-hybridized carbons (Fsp3) is 0.233. The van der Waals surface area contributed by atoms with E-state index < -0.39 is 18.2 Å². The molecule has 1 aliphatic rings. The summed E-state index contributed by atoms with van der Waals surface area (Å²) in [7, 11) is 3.19. The molecule has 0 radical (unpaired) electrons. The third kappa shape index (κ3) is 5.81. The van der Waals surface area contributed by atoms with Gasteiger partial charge in [0.1, 0.15) is 17.2 Å². The minimum Gasteiger partial charge on any atom is -0.497 e. The first-order valence-electron chi connectivity index (χ1n) is 13.3. The maximum absolute atomic E-state index is 14.0. The van der Waals surface area contributed by atoms with Crippen LogP contribution in [0.1, 0.15) is 17.6 Å². The molecule has 3 aromatic carbocycles. The fourth-order valence-corrected chi connectivity index (χ4v) is 5.19. The zero-order chi connectivity index (χ0) is 30.1. The van der Waals surface area contributed by atoms with Crippen LogP contribution in [0.2, 0.25) is 5.02 Å². The Labute approximate surface area is 249 Å². The minimum atomic E-state index is -4.64. The van der Waals surface area contributed by atoms with Crippen molar-refractivity contribution >= 4 is 28.2 Å². The molecule has 6 rings (SSSR count). The number of anilines is 1. The fourth-order valence-electron chi connectivity index (χ4n) is 5.02. The summed E-state index contributed by atoms with van der Waals surface area (Å²) in [4.78, 5) is 0. The number of alkyl halides is 3. The van der Waals surface area contributed by atoms with E-state index in [0.29, 0.717) is 51.8 Å². The molecular formula is C30H26ClF3N6O3. The molecule has 0 aliphatic carbocycles. The van der Waals surface area contributed by atoms with Crippen molar-refractivity contribution in [1.82, 2.24) is 25.3 Å². The number of aromatic nitrogens is 4. The van der Waals surface area contributed by atoms with Crippen molar-refractivity contribution in [2.24, 2.45) is 0 Å². The van der Waals surface area contributed by atoms with E-state index in [9.17, 15) is 13.2 Å². The van der Waals surface area contributed by atoms with Gasteiger partial charge in [0, 0.05) is 40.7 Å². The summed E-state index contributed by atoms with van der Waals surface area (Å²) in [5.74, 6) is 1.37. The minimum absolute atomic E-state index is 0.131. The zero-order valence-corrected chi connectivity index (χ0v) is 23.8. The Kier molecular flexibility index (Phi) is 7.82. The molecule has 1 atom stereocenters. The number of ether oxygens (including phenoxy) is 3. The highest BCUT2D eigenvalue weighted by Crippen LogP contribution is 2.39. The van der Waals surface area contributed by atoms with E-state index in [1.54, 1.807) is 38.6 Å². The summed E-state index contributed by atoms with van der Waals surface area (Å²) in [6, 6.07) is 17.1. The van der Waals surface area contributed by atoms with Crippen molar-refractivity contribution < 1.29 is 27.4 Å². The lowest BCUT2D eigenvalue weighted by atomic mass is 9.96. The summed E-state index contributed by atoms with van der Waals surface area (Å²) in [5, 5.41) is 20.3. The summed E-state index contributed by atoms with van der Waals surface area (Å²) in [6.45, 7) is 1.16. The van der Waals surface area contributed by atoms with Crippen molar-refractivity contribution in [2.75, 3.05) is 32.7 Å². The zero-order valence-electron chi connectivity index (χ0n) is 23.1. The molecule has 5 aromatic rings. The highest BCUT2D eigenvalue weighted by Gasteiger charge is 2.39. The molecule has 3 heterocycles. The standard InChI is InChI=1S/C30H26ClF3N6O3/c1-41-20-6-3-18(27(13-20)42-2)15-36-26-16-37-38-24-11-17(4-7-22(24)26)23-12-19(31)5-8-21(23)25-14-28(30(32,33)34)40(39-25)29-35-9-10-43-29/h3-8,11-14,16,29,35H,9-10,15H2,1-2H3,(H,36,38). The number of halogens is 4. The van der Waals surface area contributed by atoms with Crippen LogP contribution < -0.4 is 20.1 Å². The average molecular weight is 611 g/mol. The molecule has 43 heavy (non-hydrogen) atoms. The maximum Gasteiger partial charge on any atom is 0.433 e. The molecule has 2 N–H and O–H groups in total. The predicted molar refractivity (Wildman–Crippen MR) is 156 cm³/mol. The van der Waals surface area contributed by atoms with E-state index in [1.807, 2.05) is 36.4 Å². The van der Waals surface area contributed by atoms with E-state index in [2.05, 4.69) is 25.9 Å². The van der Waals surface area contributed by atoms with Gasteiger partial charge in [0.2, 0.25) is 6.35 Å². The third-order valence-electron chi connectivity index (χ3n) is 7.12. The first kappa shape index (κ1) is 28.7. The van der Waals surface area contributed by atoms with Gasteiger partial charge in [-0.3, -0.25) is 5.32 Å². The molecule has 222 valence electrons. The van der Waals surface area contributed by atoms with Gasteiger partial charge in [-0.2, -0.15) is 28.5 Å². The molecule has 9 nitrogen and oxygen atoms in total. The van der Waals surface area contributed by atoms with Crippen LogP contribution in [0.15, 0.2) is 66.9 Å². The monoisotopic (exact) mass is 610 g/mol. The second-order valence-electron chi connectivity index (χ2n) is 9.75. The van der Waals surface area contributed by atoms with Gasteiger partial charge in [0.05, 0.1) is 43.9 Å². The highest BCUT2D eigenvalue weighted by molar-refractivity contribution is 6.31. The Bertz CT molecular complexity index is 1790. The molecule has 13 heteroatoms. The molecular weight excluding hydrogens is 585 g/mol. The lowest BCUT2D eigenvalue weighted by Gasteiger charge is -2.15. The van der Waals surface area contributed by atoms with Gasteiger partial charge in [-0.1, -0.05) is 23.7 Å². The number of nitrogens with zero attached hydrogens (tertiary/aromatic N) is 4. The van der Waals surface area contributed by atoms with Crippen molar-refractivity contribution in [1.29, 1.82) is 0 Å². The molecule has 1 fully saturated rings. The highest BCUT2D eigenvalue weighted by atomic mass is 35.5. The Balaban J connectivity index is 1.36. The van der Waals surface area contributed by atoms with Gasteiger partial charge in [0.25, 0.3) is 0 Å². The van der Waals surface area contributed by atoms with Crippen molar-refractivity contribution in [3.8, 4) is 33.9 Å². The van der Waals surface area contributed by atoms with Crippen molar-refractivity contribution in [2.45, 2.75) is 19.1 Å². The normalized spacial score (nSPS) is 15.2. The average Bonchev–Trinajstić information content (AvgIpc) is 3.70. The van der Waals surface area contributed by atoms with Crippen LogP contribution in [0.25, 0.3) is 33.3 Å². The van der Waals surface area contributed by atoms with Gasteiger partial charge < -0.3 is 19.5 Å². The largest absolute Gasteiger partial charge is 0.497 e. The van der Waals surface area contributed by atoms with Crippen LogP contribution in [0, 0.1) is 0 Å². The lowest BCUT2D eigenvalue weighted by Crippen LogP contribution is -2.26. The molecule has 0 spiro atoms. The van der Waals surface area contributed by atoms with E-state index in [1.165, 1.54) is 0 Å². The number of nitrogens with one attached hydrogen (secondary N) is 2. The second-order valence-corrected chi connectivity index (χ2v) is 10.2. The molecule has 0 amide bonds. The summed E-state index contributed by atoms with van der Waals surface area (Å²) in [5.41, 5.74) is 3.22. The Morgan fingerprint density at radius 1 is 1.05 bits per heavy atom. The Morgan fingerprint density at radius 3 is 2.65 bits per heavy atom. The molecule has 0 saturated carbocycles. The van der Waals surface area contributed by atoms with Gasteiger partial charge in [0.15, 0.2) is 0 Å². The van der Waals surface area contributed by atoms with Crippen molar-refractivity contribution in [3.05, 3.63) is 83.1 Å². The number of fused-ring (bicyclic) bond motifs is 1. The third-order valence-corrected chi connectivity index (χ3v) is 7.35. The summed E-state index contributed by atoms with van der Waals surface area (Å²) < 4.78 is 59.0. The van der Waals surface area contributed by atoms with Crippen LogP contribution in [0.3, 0.4) is 0 Å². The quantitative estimate of drug-likeness (QED) is 0.205. The smallest absolute Gasteiger partial charge is 0.433 e. The van der Waals surface area contributed by atoms with Crippen LogP contribution in [-0.2, 0) is 17.5 Å². The van der Waals surface area contributed by atoms with Gasteiger partial charge in [-0.15, -0.1) is 0 Å². The Morgan fingerprint density at radius 2 is 1.91 bits per heavy atom. The summed E-state index contributed by atoms with van der Waals surface area (Å²) in [6.07, 6.45) is -4.02. The molecule has 2 aromatic heterocycles. The van der Waals surface area contributed by atoms with Crippen LogP contribution >= 0.6 is 11.6 Å². The number of methoxy groups -OCH3 is 2. The first-order valence-corrected chi connectivity index (χ1v) is 13.6. The molecule has 1 unspecified atom stereocenters. The van der Waals surface area contributed by atoms with Crippen LogP contribution in [0.4, 0.5) is 18.9 Å². The van der Waals surface area contributed by atoms with Crippen molar-refractivity contribution in [3.63, 3.8) is 0 Å². The molecule has 0 bridgehead atoms. The number of hydrogen-bond donors (Lipinski definition) is 2. The molecule has 1 aliphatic heterocycles. The van der Waals surface area contributed by atoms with E-state index in [4.69, 9.17) is 25.8 Å². The first-order chi connectivity index (χ1) is 20.7. The van der Waals surface area contributed by atoms with Gasteiger partial charge in [-0.25, -0.2) is 4.68 Å². The van der Waals surface area contributed by atoms with E-state index in [-0.39, 0.29) is 12.3 Å². The number of hydrogen-bond acceptors (Lipinski definition) is 8. The van der Waals surface area contributed by atoms with E-state index in [0.717, 1.165) is 27.4 Å².